The van der Waals surface area contributed by atoms with Crippen molar-refractivity contribution in [3.63, 3.8) is 0 Å². The molecule has 0 spiro atoms. The Labute approximate surface area is 120 Å². The third-order valence-electron chi connectivity index (χ3n) is 3.45. The maximum absolute atomic E-state index is 12.3. The van der Waals surface area contributed by atoms with E-state index < -0.39 is 12.0 Å². The van der Waals surface area contributed by atoms with Crippen molar-refractivity contribution in [2.24, 2.45) is 0 Å². The SMILES string of the molecule is O=C(O)[C@@H]1CCCN1C(=O)c1ccc(-n2cncn2)nc1. The number of nitrogens with zero attached hydrogens (tertiary/aromatic N) is 5. The molecule has 1 amide bonds. The molecule has 0 aliphatic carbocycles. The highest BCUT2D eigenvalue weighted by Gasteiger charge is 2.34. The lowest BCUT2D eigenvalue weighted by Crippen LogP contribution is -2.40. The van der Waals surface area contributed by atoms with Gasteiger partial charge in [0.1, 0.15) is 18.7 Å². The van der Waals surface area contributed by atoms with Gasteiger partial charge in [-0.2, -0.15) is 5.10 Å². The van der Waals surface area contributed by atoms with E-state index in [4.69, 9.17) is 5.11 Å². The third kappa shape index (κ3) is 2.47. The zero-order valence-corrected chi connectivity index (χ0v) is 11.1. The molecule has 3 rings (SSSR count). The van der Waals surface area contributed by atoms with Crippen LogP contribution in [0.5, 0.6) is 0 Å². The van der Waals surface area contributed by atoms with Gasteiger partial charge in [-0.05, 0) is 25.0 Å². The molecule has 1 atom stereocenters. The highest BCUT2D eigenvalue weighted by atomic mass is 16.4. The van der Waals surface area contributed by atoms with Gasteiger partial charge in [-0.15, -0.1) is 0 Å². The van der Waals surface area contributed by atoms with Crippen molar-refractivity contribution in [2.75, 3.05) is 6.54 Å². The molecule has 108 valence electrons. The molecular weight excluding hydrogens is 274 g/mol. The maximum atomic E-state index is 12.3. The number of aliphatic carboxylic acids is 1. The lowest BCUT2D eigenvalue weighted by molar-refractivity contribution is -0.141. The van der Waals surface area contributed by atoms with Gasteiger partial charge in [0.15, 0.2) is 5.82 Å². The molecule has 8 heteroatoms. The van der Waals surface area contributed by atoms with Crippen molar-refractivity contribution in [2.45, 2.75) is 18.9 Å². The summed E-state index contributed by atoms with van der Waals surface area (Å²) in [6.07, 6.45) is 5.52. The van der Waals surface area contributed by atoms with E-state index in [-0.39, 0.29) is 5.91 Å². The fourth-order valence-corrected chi connectivity index (χ4v) is 2.41. The van der Waals surface area contributed by atoms with Gasteiger partial charge in [-0.1, -0.05) is 0 Å². The highest BCUT2D eigenvalue weighted by Crippen LogP contribution is 2.20. The summed E-state index contributed by atoms with van der Waals surface area (Å²) >= 11 is 0. The first-order valence-electron chi connectivity index (χ1n) is 6.51. The molecule has 0 radical (unpaired) electrons. The fourth-order valence-electron chi connectivity index (χ4n) is 2.41. The quantitative estimate of drug-likeness (QED) is 0.874. The van der Waals surface area contributed by atoms with Crippen LogP contribution in [0.15, 0.2) is 31.0 Å². The summed E-state index contributed by atoms with van der Waals surface area (Å²) < 4.78 is 1.48. The second kappa shape index (κ2) is 5.31. The largest absolute Gasteiger partial charge is 0.480 e. The minimum absolute atomic E-state index is 0.308. The Kier molecular flexibility index (Phi) is 3.35. The van der Waals surface area contributed by atoms with E-state index in [0.29, 0.717) is 30.8 Å². The normalized spacial score (nSPS) is 17.9. The van der Waals surface area contributed by atoms with Crippen molar-refractivity contribution < 1.29 is 14.7 Å². The zero-order valence-electron chi connectivity index (χ0n) is 11.1. The molecule has 0 unspecified atom stereocenters. The maximum Gasteiger partial charge on any atom is 0.326 e. The number of rotatable bonds is 3. The molecule has 8 nitrogen and oxygen atoms in total. The molecule has 1 saturated heterocycles. The van der Waals surface area contributed by atoms with Gasteiger partial charge in [0, 0.05) is 12.7 Å². The second-order valence-corrected chi connectivity index (χ2v) is 4.74. The number of carboxylic acids is 1. The minimum atomic E-state index is -0.965. The monoisotopic (exact) mass is 287 g/mol. The van der Waals surface area contributed by atoms with Crippen molar-refractivity contribution in [1.29, 1.82) is 0 Å². The highest BCUT2D eigenvalue weighted by molar-refractivity contribution is 5.96. The van der Waals surface area contributed by atoms with Gasteiger partial charge in [0.25, 0.3) is 5.91 Å². The summed E-state index contributed by atoms with van der Waals surface area (Å²) in [5.74, 6) is -0.731. The summed E-state index contributed by atoms with van der Waals surface area (Å²) in [5, 5.41) is 13.1. The standard InChI is InChI=1S/C13H13N5O3/c19-12(17-5-1-2-10(17)13(20)21)9-3-4-11(15-6-9)18-8-14-7-16-18/h3-4,6-8,10H,1-2,5H2,(H,20,21)/t10-/m0/s1. The van der Waals surface area contributed by atoms with Crippen molar-refractivity contribution in [3.05, 3.63) is 36.5 Å². The second-order valence-electron chi connectivity index (χ2n) is 4.74. The Morgan fingerprint density at radius 1 is 1.33 bits per heavy atom. The first-order chi connectivity index (χ1) is 10.2. The number of amides is 1. The van der Waals surface area contributed by atoms with Crippen LogP contribution in [0.4, 0.5) is 0 Å². The number of pyridine rings is 1. The summed E-state index contributed by atoms with van der Waals surface area (Å²) in [4.78, 5) is 32.8. The minimum Gasteiger partial charge on any atom is -0.480 e. The number of aromatic nitrogens is 4. The number of carbonyl (C=O) groups excluding carboxylic acids is 1. The Bertz CT molecular complexity index is 653. The van der Waals surface area contributed by atoms with E-state index in [1.807, 2.05) is 0 Å². The number of carboxylic acid groups (broad SMARTS) is 1. The van der Waals surface area contributed by atoms with Gasteiger partial charge in [-0.3, -0.25) is 4.79 Å². The topological polar surface area (TPSA) is 101 Å². The molecule has 1 aliphatic heterocycles. The fraction of sp³-hybridized carbons (Fsp3) is 0.308. The van der Waals surface area contributed by atoms with Crippen LogP contribution in [0, 0.1) is 0 Å². The van der Waals surface area contributed by atoms with E-state index in [9.17, 15) is 9.59 Å². The smallest absolute Gasteiger partial charge is 0.326 e. The van der Waals surface area contributed by atoms with Crippen LogP contribution < -0.4 is 0 Å². The van der Waals surface area contributed by atoms with Crippen LogP contribution in [-0.2, 0) is 4.79 Å². The summed E-state index contributed by atoms with van der Waals surface area (Å²) in [6.45, 7) is 0.459. The molecule has 1 aliphatic rings. The first kappa shape index (κ1) is 13.2. The van der Waals surface area contributed by atoms with Crippen LogP contribution in [0.25, 0.3) is 5.82 Å². The number of carbonyl (C=O) groups is 2. The molecule has 2 aromatic rings. The van der Waals surface area contributed by atoms with Gasteiger partial charge < -0.3 is 10.0 Å². The van der Waals surface area contributed by atoms with Crippen molar-refractivity contribution >= 4 is 11.9 Å². The Morgan fingerprint density at radius 3 is 2.81 bits per heavy atom. The van der Waals surface area contributed by atoms with E-state index in [1.165, 1.54) is 28.4 Å². The molecule has 2 aromatic heterocycles. The van der Waals surface area contributed by atoms with E-state index in [0.717, 1.165) is 0 Å². The summed E-state index contributed by atoms with van der Waals surface area (Å²) in [7, 11) is 0. The molecule has 1 N–H and O–H groups in total. The molecule has 21 heavy (non-hydrogen) atoms. The number of hydrogen-bond donors (Lipinski definition) is 1. The third-order valence-corrected chi connectivity index (χ3v) is 3.45. The Balaban J connectivity index is 1.80. The Morgan fingerprint density at radius 2 is 2.19 bits per heavy atom. The zero-order chi connectivity index (χ0) is 14.8. The van der Waals surface area contributed by atoms with E-state index in [1.54, 1.807) is 12.1 Å². The van der Waals surface area contributed by atoms with Crippen molar-refractivity contribution in [3.8, 4) is 5.82 Å². The molecule has 0 bridgehead atoms. The summed E-state index contributed by atoms with van der Waals surface area (Å²) in [5.41, 5.74) is 0.368. The van der Waals surface area contributed by atoms with Gasteiger partial charge >= 0.3 is 5.97 Å². The average Bonchev–Trinajstić information content (AvgIpc) is 3.18. The van der Waals surface area contributed by atoms with E-state index >= 15 is 0 Å². The van der Waals surface area contributed by atoms with Crippen LogP contribution in [0.2, 0.25) is 0 Å². The first-order valence-corrected chi connectivity index (χ1v) is 6.51. The predicted octanol–water partition coefficient (Wildman–Crippen LogP) is 0.351. The van der Waals surface area contributed by atoms with Crippen molar-refractivity contribution in [1.82, 2.24) is 24.6 Å². The van der Waals surface area contributed by atoms with Gasteiger partial charge in [0.2, 0.25) is 0 Å². The molecule has 0 saturated carbocycles. The number of likely N-dealkylation sites (tertiary alicyclic amines) is 1. The molecule has 3 heterocycles. The van der Waals surface area contributed by atoms with Crippen LogP contribution in [-0.4, -0.2) is 54.2 Å². The predicted molar refractivity (Wildman–Crippen MR) is 70.8 cm³/mol. The number of hydrogen-bond acceptors (Lipinski definition) is 5. The van der Waals surface area contributed by atoms with Crippen LogP contribution in [0.3, 0.4) is 0 Å². The average molecular weight is 287 g/mol. The summed E-state index contributed by atoms with van der Waals surface area (Å²) in [6, 6.07) is 2.52. The van der Waals surface area contributed by atoms with Gasteiger partial charge in [-0.25, -0.2) is 19.4 Å². The lowest BCUT2D eigenvalue weighted by atomic mass is 10.2. The molecule has 1 fully saturated rings. The lowest BCUT2D eigenvalue weighted by Gasteiger charge is -2.21. The van der Waals surface area contributed by atoms with Crippen LogP contribution in [0.1, 0.15) is 23.2 Å². The van der Waals surface area contributed by atoms with E-state index in [2.05, 4.69) is 15.1 Å². The Hall–Kier alpha value is -2.77. The molecule has 0 aromatic carbocycles. The molecular formula is C13H13N5O3. The van der Waals surface area contributed by atoms with Crippen LogP contribution >= 0.6 is 0 Å². The van der Waals surface area contributed by atoms with Gasteiger partial charge in [0.05, 0.1) is 5.56 Å².